The molecule has 0 aliphatic carbocycles. The molecule has 0 spiro atoms. The number of halogens is 2. The van der Waals surface area contributed by atoms with Crippen LogP contribution in [0.25, 0.3) is 0 Å². The minimum absolute atomic E-state index is 0.480. The summed E-state index contributed by atoms with van der Waals surface area (Å²) in [5.41, 5.74) is 2.10. The lowest BCUT2D eigenvalue weighted by molar-refractivity contribution is 0.843. The summed E-state index contributed by atoms with van der Waals surface area (Å²) in [6, 6.07) is 15.7. The van der Waals surface area contributed by atoms with Gasteiger partial charge in [-0.2, -0.15) is 10.1 Å². The molecule has 0 fully saturated rings. The first kappa shape index (κ1) is 17.5. The molecule has 0 amide bonds. The molecular formula is C18H17Cl2N5. The fraction of sp³-hybridized carbons (Fsp3) is 0.167. The lowest BCUT2D eigenvalue weighted by atomic mass is 10.1. The second kappa shape index (κ2) is 8.65. The average Bonchev–Trinajstić information content (AvgIpc) is 2.63. The third kappa shape index (κ3) is 5.31. The third-order valence-corrected chi connectivity index (χ3v) is 4.26. The molecule has 0 aliphatic rings. The first-order chi connectivity index (χ1) is 12.2. The number of aryl methyl sites for hydroxylation is 1. The zero-order valence-corrected chi connectivity index (χ0v) is 14.9. The zero-order valence-electron chi connectivity index (χ0n) is 13.4. The third-order valence-electron chi connectivity index (χ3n) is 3.52. The number of hydrogen-bond donors (Lipinski definition) is 2. The number of anilines is 3. The number of aromatic nitrogens is 3. The molecular weight excluding hydrogens is 357 g/mol. The Bertz CT molecular complexity index is 827. The van der Waals surface area contributed by atoms with Gasteiger partial charge < -0.3 is 10.6 Å². The highest BCUT2D eigenvalue weighted by molar-refractivity contribution is 6.42. The molecule has 2 aromatic carbocycles. The molecule has 0 bridgehead atoms. The van der Waals surface area contributed by atoms with Gasteiger partial charge in [-0.1, -0.05) is 53.5 Å². The molecule has 0 radical (unpaired) electrons. The molecule has 3 rings (SSSR count). The first-order valence-electron chi connectivity index (χ1n) is 7.90. The van der Waals surface area contributed by atoms with E-state index in [1.807, 2.05) is 24.3 Å². The van der Waals surface area contributed by atoms with E-state index in [1.165, 1.54) is 5.56 Å². The van der Waals surface area contributed by atoms with E-state index in [4.69, 9.17) is 23.2 Å². The van der Waals surface area contributed by atoms with Crippen LogP contribution in [0.15, 0.2) is 54.7 Å². The highest BCUT2D eigenvalue weighted by Gasteiger charge is 2.03. The number of nitrogens with one attached hydrogen (secondary N) is 2. The van der Waals surface area contributed by atoms with Crippen LogP contribution in [0.3, 0.4) is 0 Å². The summed E-state index contributed by atoms with van der Waals surface area (Å²) >= 11 is 11.9. The average molecular weight is 374 g/mol. The molecule has 0 aliphatic heterocycles. The van der Waals surface area contributed by atoms with Crippen molar-refractivity contribution in [2.75, 3.05) is 17.2 Å². The monoisotopic (exact) mass is 373 g/mol. The van der Waals surface area contributed by atoms with Gasteiger partial charge in [0.05, 0.1) is 16.2 Å². The van der Waals surface area contributed by atoms with Gasteiger partial charge in [0.2, 0.25) is 5.95 Å². The molecule has 128 valence electrons. The van der Waals surface area contributed by atoms with Crippen molar-refractivity contribution in [2.45, 2.75) is 12.8 Å². The van der Waals surface area contributed by atoms with E-state index in [0.29, 0.717) is 21.8 Å². The van der Waals surface area contributed by atoms with Crippen molar-refractivity contribution in [2.24, 2.45) is 0 Å². The van der Waals surface area contributed by atoms with Crippen LogP contribution in [0, 0.1) is 0 Å². The molecule has 0 atom stereocenters. The molecule has 1 heterocycles. The summed E-state index contributed by atoms with van der Waals surface area (Å²) in [4.78, 5) is 4.39. The van der Waals surface area contributed by atoms with Gasteiger partial charge in [-0.05, 0) is 36.6 Å². The van der Waals surface area contributed by atoms with Crippen molar-refractivity contribution in [3.8, 4) is 0 Å². The molecule has 3 aromatic rings. The van der Waals surface area contributed by atoms with Crippen molar-refractivity contribution in [3.63, 3.8) is 0 Å². The summed E-state index contributed by atoms with van der Waals surface area (Å²) in [6.07, 6.45) is 3.54. The summed E-state index contributed by atoms with van der Waals surface area (Å²) in [6.45, 7) is 0.771. The Labute approximate surface area is 156 Å². The number of rotatable bonds is 7. The van der Waals surface area contributed by atoms with Gasteiger partial charge in [0.25, 0.3) is 0 Å². The Balaban J connectivity index is 1.53. The fourth-order valence-corrected chi connectivity index (χ4v) is 2.60. The van der Waals surface area contributed by atoms with Gasteiger partial charge in [0.1, 0.15) is 0 Å². The second-order valence-corrected chi connectivity index (χ2v) is 6.25. The van der Waals surface area contributed by atoms with Crippen molar-refractivity contribution < 1.29 is 0 Å². The van der Waals surface area contributed by atoms with Crippen LogP contribution in [-0.2, 0) is 6.42 Å². The predicted octanol–water partition coefficient (Wildman–Crippen LogP) is 4.97. The maximum atomic E-state index is 6.01. The molecule has 5 nitrogen and oxygen atoms in total. The van der Waals surface area contributed by atoms with Crippen LogP contribution >= 0.6 is 23.2 Å². The highest BCUT2D eigenvalue weighted by Crippen LogP contribution is 2.26. The highest BCUT2D eigenvalue weighted by atomic mass is 35.5. The summed E-state index contributed by atoms with van der Waals surface area (Å²) in [5.74, 6) is 1.07. The minimum atomic E-state index is 0.480. The Kier molecular flexibility index (Phi) is 6.04. The van der Waals surface area contributed by atoms with Crippen molar-refractivity contribution in [3.05, 3.63) is 70.3 Å². The van der Waals surface area contributed by atoms with E-state index in [-0.39, 0.29) is 0 Å². The quantitative estimate of drug-likeness (QED) is 0.572. The van der Waals surface area contributed by atoms with Crippen LogP contribution < -0.4 is 10.6 Å². The van der Waals surface area contributed by atoms with E-state index in [1.54, 1.807) is 18.3 Å². The van der Waals surface area contributed by atoms with E-state index in [9.17, 15) is 0 Å². The summed E-state index contributed by atoms with van der Waals surface area (Å²) < 4.78 is 0. The van der Waals surface area contributed by atoms with Crippen LogP contribution in [0.1, 0.15) is 12.0 Å². The van der Waals surface area contributed by atoms with E-state index < -0.39 is 0 Å². The van der Waals surface area contributed by atoms with Gasteiger partial charge in [0, 0.05) is 12.2 Å². The smallest absolute Gasteiger partial charge is 0.244 e. The van der Waals surface area contributed by atoms with Gasteiger partial charge >= 0.3 is 0 Å². The molecule has 0 saturated heterocycles. The standard InChI is InChI=1S/C18H17Cl2N5/c19-15-9-8-14(11-16(15)20)23-17-12-22-25-18(24-17)21-10-4-7-13-5-2-1-3-6-13/h1-3,5-6,8-9,11-12H,4,7,10H2,(H2,21,23,24,25). The predicted molar refractivity (Wildman–Crippen MR) is 103 cm³/mol. The van der Waals surface area contributed by atoms with Crippen LogP contribution in [0.4, 0.5) is 17.5 Å². The number of benzene rings is 2. The Morgan fingerprint density at radius 2 is 1.80 bits per heavy atom. The normalized spacial score (nSPS) is 10.5. The van der Waals surface area contributed by atoms with Crippen molar-refractivity contribution in [1.82, 2.24) is 15.2 Å². The summed E-state index contributed by atoms with van der Waals surface area (Å²) in [7, 11) is 0. The Hall–Kier alpha value is -2.37. The number of hydrogen-bond acceptors (Lipinski definition) is 5. The largest absolute Gasteiger partial charge is 0.353 e. The first-order valence-corrected chi connectivity index (χ1v) is 8.66. The van der Waals surface area contributed by atoms with Crippen molar-refractivity contribution >= 4 is 40.7 Å². The molecule has 1 aromatic heterocycles. The number of nitrogens with zero attached hydrogens (tertiary/aromatic N) is 3. The maximum Gasteiger partial charge on any atom is 0.244 e. The van der Waals surface area contributed by atoms with Gasteiger partial charge in [-0.15, -0.1) is 5.10 Å². The Morgan fingerprint density at radius 3 is 2.60 bits per heavy atom. The lowest BCUT2D eigenvalue weighted by Gasteiger charge is -2.08. The molecule has 0 saturated carbocycles. The molecule has 25 heavy (non-hydrogen) atoms. The van der Waals surface area contributed by atoms with E-state index in [2.05, 4.69) is 37.9 Å². The maximum absolute atomic E-state index is 6.01. The minimum Gasteiger partial charge on any atom is -0.353 e. The summed E-state index contributed by atoms with van der Waals surface area (Å²) in [5, 5.41) is 15.3. The topological polar surface area (TPSA) is 62.7 Å². The van der Waals surface area contributed by atoms with Crippen LogP contribution in [-0.4, -0.2) is 21.7 Å². The molecule has 2 N–H and O–H groups in total. The zero-order chi connectivity index (χ0) is 17.5. The van der Waals surface area contributed by atoms with Gasteiger partial charge in [0.15, 0.2) is 5.82 Å². The molecule has 0 unspecified atom stereocenters. The Morgan fingerprint density at radius 1 is 0.960 bits per heavy atom. The van der Waals surface area contributed by atoms with Crippen LogP contribution in [0.5, 0.6) is 0 Å². The second-order valence-electron chi connectivity index (χ2n) is 5.44. The van der Waals surface area contributed by atoms with E-state index >= 15 is 0 Å². The van der Waals surface area contributed by atoms with Gasteiger partial charge in [-0.3, -0.25) is 0 Å². The van der Waals surface area contributed by atoms with E-state index in [0.717, 1.165) is 25.1 Å². The SMILES string of the molecule is Clc1ccc(Nc2cnnc(NCCCc3ccccc3)n2)cc1Cl. The lowest BCUT2D eigenvalue weighted by Crippen LogP contribution is -2.08. The van der Waals surface area contributed by atoms with Crippen molar-refractivity contribution in [1.29, 1.82) is 0 Å². The fourth-order valence-electron chi connectivity index (χ4n) is 2.30. The molecule has 7 heteroatoms. The van der Waals surface area contributed by atoms with Gasteiger partial charge in [-0.25, -0.2) is 0 Å². The van der Waals surface area contributed by atoms with Crippen LogP contribution in [0.2, 0.25) is 10.0 Å².